The van der Waals surface area contributed by atoms with E-state index in [1.165, 1.54) is 37.5 Å². The lowest BCUT2D eigenvalue weighted by atomic mass is 9.79. The molecule has 1 aliphatic carbocycles. The molecule has 1 N–H and O–H groups in total. The molecule has 3 rings (SSSR count). The molecule has 1 heterocycles. The smallest absolute Gasteiger partial charge is 0.234 e. The summed E-state index contributed by atoms with van der Waals surface area (Å²) in [5.41, 5.74) is 0.0770. The van der Waals surface area contributed by atoms with Crippen molar-refractivity contribution in [2.24, 2.45) is 11.8 Å². The molecule has 29 heavy (non-hydrogen) atoms. The molecule has 0 spiro atoms. The van der Waals surface area contributed by atoms with E-state index in [0.717, 1.165) is 37.0 Å². The minimum absolute atomic E-state index is 0.0738. The standard InChI is InChI=1S/C20H26FN3O3S2/c1-2-3-6-14-9-11-15(12-10-14)18(25)22-19-23-24-20(28-19)29(26,27)13-16-7-4-5-8-17(16)21/h4-5,7-8,14-15H,2-3,6,9-13H2,1H3,(H,22,23,25). The monoisotopic (exact) mass is 439 g/mol. The fourth-order valence-corrected chi connectivity index (χ4v) is 6.02. The van der Waals surface area contributed by atoms with Crippen LogP contribution < -0.4 is 5.32 Å². The number of hydrogen-bond acceptors (Lipinski definition) is 6. The molecule has 2 aromatic rings. The van der Waals surface area contributed by atoms with E-state index in [1.807, 2.05) is 0 Å². The second-order valence-corrected chi connectivity index (χ2v) is 10.7. The lowest BCUT2D eigenvalue weighted by Crippen LogP contribution is -2.27. The van der Waals surface area contributed by atoms with E-state index < -0.39 is 21.4 Å². The van der Waals surface area contributed by atoms with Crippen molar-refractivity contribution in [1.29, 1.82) is 0 Å². The molecule has 0 aliphatic heterocycles. The number of nitrogens with zero attached hydrogens (tertiary/aromatic N) is 2. The molecule has 1 aromatic carbocycles. The van der Waals surface area contributed by atoms with Crippen molar-refractivity contribution < 1.29 is 17.6 Å². The zero-order valence-corrected chi connectivity index (χ0v) is 18.1. The average Bonchev–Trinajstić information content (AvgIpc) is 3.18. The van der Waals surface area contributed by atoms with Gasteiger partial charge in [0.25, 0.3) is 0 Å². The third-order valence-electron chi connectivity index (χ3n) is 5.39. The summed E-state index contributed by atoms with van der Waals surface area (Å²) >= 11 is 0.804. The van der Waals surface area contributed by atoms with Gasteiger partial charge in [0.15, 0.2) is 0 Å². The van der Waals surface area contributed by atoms with Crippen molar-refractivity contribution in [1.82, 2.24) is 10.2 Å². The van der Waals surface area contributed by atoms with Crippen molar-refractivity contribution in [3.05, 3.63) is 35.6 Å². The Bertz CT molecular complexity index is 938. The Balaban J connectivity index is 1.57. The molecule has 0 bridgehead atoms. The maximum atomic E-state index is 13.8. The van der Waals surface area contributed by atoms with Crippen LogP contribution in [-0.4, -0.2) is 24.5 Å². The molecule has 0 radical (unpaired) electrons. The second kappa shape index (κ2) is 9.75. The summed E-state index contributed by atoms with van der Waals surface area (Å²) in [4.78, 5) is 12.5. The van der Waals surface area contributed by atoms with Gasteiger partial charge in [0.2, 0.25) is 25.2 Å². The molecule has 6 nitrogen and oxygen atoms in total. The van der Waals surface area contributed by atoms with E-state index in [4.69, 9.17) is 0 Å². The lowest BCUT2D eigenvalue weighted by Gasteiger charge is -2.27. The van der Waals surface area contributed by atoms with E-state index >= 15 is 0 Å². The number of amides is 1. The van der Waals surface area contributed by atoms with E-state index in [-0.39, 0.29) is 26.9 Å². The summed E-state index contributed by atoms with van der Waals surface area (Å²) in [7, 11) is -3.84. The molecule has 1 aliphatic rings. The number of anilines is 1. The molecule has 1 fully saturated rings. The number of aromatic nitrogens is 2. The van der Waals surface area contributed by atoms with Gasteiger partial charge in [-0.1, -0.05) is 55.7 Å². The van der Waals surface area contributed by atoms with E-state index in [2.05, 4.69) is 22.4 Å². The first-order valence-electron chi connectivity index (χ1n) is 9.99. The van der Waals surface area contributed by atoms with Crippen molar-refractivity contribution in [2.75, 3.05) is 5.32 Å². The number of unbranched alkanes of at least 4 members (excludes halogenated alkanes) is 1. The predicted octanol–water partition coefficient (Wildman–Crippen LogP) is 4.59. The van der Waals surface area contributed by atoms with Gasteiger partial charge in [-0.25, -0.2) is 12.8 Å². The van der Waals surface area contributed by atoms with Gasteiger partial charge in [-0.2, -0.15) is 0 Å². The molecular formula is C20H26FN3O3S2. The van der Waals surface area contributed by atoms with Gasteiger partial charge in [-0.15, -0.1) is 10.2 Å². The fourth-order valence-electron chi connectivity index (χ4n) is 3.68. The predicted molar refractivity (Wildman–Crippen MR) is 111 cm³/mol. The van der Waals surface area contributed by atoms with Crippen LogP contribution in [-0.2, 0) is 20.4 Å². The first kappa shape index (κ1) is 21.8. The van der Waals surface area contributed by atoms with Crippen LogP contribution in [0.15, 0.2) is 28.6 Å². The summed E-state index contributed by atoms with van der Waals surface area (Å²) in [6, 6.07) is 5.72. The quantitative estimate of drug-likeness (QED) is 0.608. The van der Waals surface area contributed by atoms with E-state index in [9.17, 15) is 17.6 Å². The highest BCUT2D eigenvalue weighted by molar-refractivity contribution is 7.92. The third-order valence-corrected chi connectivity index (χ3v) is 8.34. The van der Waals surface area contributed by atoms with Crippen molar-refractivity contribution in [2.45, 2.75) is 62.0 Å². The number of carbonyl (C=O) groups excluding carboxylic acids is 1. The number of nitrogens with one attached hydrogen (secondary N) is 1. The first-order chi connectivity index (χ1) is 13.9. The lowest BCUT2D eigenvalue weighted by molar-refractivity contribution is -0.121. The second-order valence-electron chi connectivity index (χ2n) is 7.57. The number of sulfone groups is 1. The highest BCUT2D eigenvalue weighted by atomic mass is 32.2. The first-order valence-corrected chi connectivity index (χ1v) is 12.5. The highest BCUT2D eigenvalue weighted by Gasteiger charge is 2.28. The summed E-state index contributed by atoms with van der Waals surface area (Å²) in [6.45, 7) is 2.19. The van der Waals surface area contributed by atoms with Gasteiger partial charge in [0.1, 0.15) is 5.82 Å². The van der Waals surface area contributed by atoms with Crippen LogP contribution in [0.5, 0.6) is 0 Å². The summed E-state index contributed by atoms with van der Waals surface area (Å²) in [5.74, 6) is -0.577. The Hall–Kier alpha value is -1.87. The maximum Gasteiger partial charge on any atom is 0.234 e. The molecule has 158 valence electrons. The number of benzene rings is 1. The average molecular weight is 440 g/mol. The third kappa shape index (κ3) is 5.82. The van der Waals surface area contributed by atoms with E-state index in [0.29, 0.717) is 5.92 Å². The van der Waals surface area contributed by atoms with Crippen LogP contribution in [0.3, 0.4) is 0 Å². The topological polar surface area (TPSA) is 89.0 Å². The Kier molecular flexibility index (Phi) is 7.34. The zero-order chi connectivity index (χ0) is 20.9. The summed E-state index contributed by atoms with van der Waals surface area (Å²) in [5, 5.41) is 10.4. The fraction of sp³-hybridized carbons (Fsp3) is 0.550. The summed E-state index contributed by atoms with van der Waals surface area (Å²) in [6.07, 6.45) is 7.45. The normalized spacial score (nSPS) is 19.8. The Labute approximate surface area is 174 Å². The molecule has 1 amide bonds. The van der Waals surface area contributed by atoms with Gasteiger partial charge in [-0.05, 0) is 37.7 Å². The van der Waals surface area contributed by atoms with Crippen molar-refractivity contribution in [3.8, 4) is 0 Å². The molecule has 9 heteroatoms. The molecule has 1 saturated carbocycles. The van der Waals surface area contributed by atoms with Crippen LogP contribution in [0.25, 0.3) is 0 Å². The van der Waals surface area contributed by atoms with Crippen LogP contribution in [0.4, 0.5) is 9.52 Å². The molecule has 0 unspecified atom stereocenters. The minimum Gasteiger partial charge on any atom is -0.300 e. The van der Waals surface area contributed by atoms with Gasteiger partial charge in [0, 0.05) is 11.5 Å². The van der Waals surface area contributed by atoms with Crippen molar-refractivity contribution >= 4 is 32.2 Å². The van der Waals surface area contributed by atoms with Gasteiger partial charge in [-0.3, -0.25) is 4.79 Å². The number of rotatable bonds is 8. The van der Waals surface area contributed by atoms with Crippen molar-refractivity contribution in [3.63, 3.8) is 0 Å². The van der Waals surface area contributed by atoms with Gasteiger partial charge < -0.3 is 5.32 Å². The molecule has 1 aromatic heterocycles. The number of carbonyl (C=O) groups is 1. The maximum absolute atomic E-state index is 13.8. The Morgan fingerprint density at radius 1 is 1.21 bits per heavy atom. The summed E-state index contributed by atoms with van der Waals surface area (Å²) < 4.78 is 38.5. The van der Waals surface area contributed by atoms with Crippen LogP contribution >= 0.6 is 11.3 Å². The largest absolute Gasteiger partial charge is 0.300 e. The van der Waals surface area contributed by atoms with Crippen LogP contribution in [0.2, 0.25) is 0 Å². The van der Waals surface area contributed by atoms with Gasteiger partial charge >= 0.3 is 0 Å². The Morgan fingerprint density at radius 3 is 2.62 bits per heavy atom. The SMILES string of the molecule is CCCCC1CCC(C(=O)Nc2nnc(S(=O)(=O)Cc3ccccc3F)s2)CC1. The number of halogens is 1. The zero-order valence-electron chi connectivity index (χ0n) is 16.4. The molecular weight excluding hydrogens is 413 g/mol. The molecule has 0 atom stereocenters. The van der Waals surface area contributed by atoms with Crippen LogP contribution in [0, 0.1) is 17.7 Å². The molecule has 0 saturated heterocycles. The Morgan fingerprint density at radius 2 is 1.93 bits per heavy atom. The van der Waals surface area contributed by atoms with E-state index in [1.54, 1.807) is 6.07 Å². The highest BCUT2D eigenvalue weighted by Crippen LogP contribution is 2.33. The minimum atomic E-state index is -3.84. The van der Waals surface area contributed by atoms with Crippen LogP contribution in [0.1, 0.15) is 57.4 Å². The number of hydrogen-bond donors (Lipinski definition) is 1. The van der Waals surface area contributed by atoms with Gasteiger partial charge in [0.05, 0.1) is 5.75 Å².